The van der Waals surface area contributed by atoms with Crippen molar-refractivity contribution in [2.45, 2.75) is 32.1 Å². The van der Waals surface area contributed by atoms with E-state index >= 15 is 0 Å². The summed E-state index contributed by atoms with van der Waals surface area (Å²) in [5.74, 6) is 3.06. The lowest BCUT2D eigenvalue weighted by Crippen LogP contribution is -2.07. The highest BCUT2D eigenvalue weighted by Crippen LogP contribution is 2.41. The van der Waals surface area contributed by atoms with E-state index in [2.05, 4.69) is 11.4 Å². The summed E-state index contributed by atoms with van der Waals surface area (Å²) in [5.41, 5.74) is 4.85. The Balaban J connectivity index is 1.60. The van der Waals surface area contributed by atoms with Crippen molar-refractivity contribution in [2.24, 2.45) is 5.92 Å². The molecule has 2 aliphatic rings. The molecule has 0 saturated heterocycles. The molecule has 0 aliphatic heterocycles. The van der Waals surface area contributed by atoms with Crippen molar-refractivity contribution in [1.29, 1.82) is 0 Å². The predicted molar refractivity (Wildman–Crippen MR) is 108 cm³/mol. The minimum Gasteiger partial charge on any atom is -0.493 e. The molecule has 1 N–H and O–H groups in total. The number of para-hydroxylation sites is 1. The van der Waals surface area contributed by atoms with Gasteiger partial charge in [0.2, 0.25) is 0 Å². The van der Waals surface area contributed by atoms with Crippen molar-refractivity contribution in [3.05, 3.63) is 53.7 Å². The van der Waals surface area contributed by atoms with Gasteiger partial charge in [-0.1, -0.05) is 18.2 Å². The summed E-state index contributed by atoms with van der Waals surface area (Å²) in [5, 5.41) is 4.87. The van der Waals surface area contributed by atoms with E-state index in [0.29, 0.717) is 5.75 Å². The Bertz CT molecular complexity index is 981. The molecule has 0 radical (unpaired) electrons. The molecule has 5 rings (SSSR count). The second-order valence-electron chi connectivity index (χ2n) is 7.53. The van der Waals surface area contributed by atoms with Crippen molar-refractivity contribution < 1.29 is 9.47 Å². The van der Waals surface area contributed by atoms with E-state index < -0.39 is 0 Å². The first kappa shape index (κ1) is 16.4. The fourth-order valence-electron chi connectivity index (χ4n) is 3.90. The predicted octanol–water partition coefficient (Wildman–Crippen LogP) is 5.35. The maximum atomic E-state index is 6.09. The molecule has 2 aliphatic carbocycles. The molecule has 1 fully saturated rings. The third-order valence-electron chi connectivity index (χ3n) is 5.53. The lowest BCUT2D eigenvalue weighted by Gasteiger charge is -2.17. The summed E-state index contributed by atoms with van der Waals surface area (Å²) in [6.07, 6.45) is 6.04. The molecule has 4 nitrogen and oxygen atoms in total. The van der Waals surface area contributed by atoms with Gasteiger partial charge >= 0.3 is 0 Å². The third-order valence-corrected chi connectivity index (χ3v) is 5.53. The van der Waals surface area contributed by atoms with Gasteiger partial charge in [0.1, 0.15) is 5.75 Å². The van der Waals surface area contributed by atoms with Crippen molar-refractivity contribution in [2.75, 3.05) is 19.0 Å². The molecule has 0 spiro atoms. The van der Waals surface area contributed by atoms with Gasteiger partial charge in [-0.25, -0.2) is 0 Å². The summed E-state index contributed by atoms with van der Waals surface area (Å²) in [4.78, 5) is 4.96. The van der Waals surface area contributed by atoms with Gasteiger partial charge < -0.3 is 14.8 Å². The monoisotopic (exact) mass is 360 g/mol. The molecule has 1 heterocycles. The zero-order valence-electron chi connectivity index (χ0n) is 15.6. The van der Waals surface area contributed by atoms with E-state index in [0.717, 1.165) is 47.7 Å². The largest absolute Gasteiger partial charge is 0.493 e. The van der Waals surface area contributed by atoms with Crippen LogP contribution in [0, 0.1) is 5.92 Å². The highest BCUT2D eigenvalue weighted by Gasteiger charge is 2.25. The van der Waals surface area contributed by atoms with E-state index in [-0.39, 0.29) is 0 Å². The minimum atomic E-state index is 0.704. The molecule has 1 saturated carbocycles. The maximum absolute atomic E-state index is 6.09. The van der Waals surface area contributed by atoms with Crippen LogP contribution in [0.4, 0.5) is 5.69 Å². The Hall–Kier alpha value is -2.75. The van der Waals surface area contributed by atoms with Crippen molar-refractivity contribution in [3.63, 3.8) is 0 Å². The first-order valence-corrected chi connectivity index (χ1v) is 9.82. The average Bonchev–Trinajstić information content (AvgIpc) is 3.41. The number of nitrogens with one attached hydrogen (secondary N) is 1. The molecule has 4 heteroatoms. The average molecular weight is 360 g/mol. The molecular weight excluding hydrogens is 336 g/mol. The molecule has 0 bridgehead atoms. The number of pyridine rings is 1. The molecule has 27 heavy (non-hydrogen) atoms. The number of benzene rings is 2. The first-order chi connectivity index (χ1) is 13.3. The van der Waals surface area contributed by atoms with Crippen LogP contribution < -0.4 is 14.8 Å². The fourth-order valence-corrected chi connectivity index (χ4v) is 3.90. The Morgan fingerprint density at radius 1 is 1.07 bits per heavy atom. The number of anilines is 1. The van der Waals surface area contributed by atoms with Crippen LogP contribution in [0.1, 0.15) is 30.5 Å². The number of hydrogen-bond donors (Lipinski definition) is 1. The van der Waals surface area contributed by atoms with Crippen molar-refractivity contribution in [3.8, 4) is 17.2 Å². The molecule has 1 aromatic heterocycles. The number of methoxy groups -OCH3 is 1. The van der Waals surface area contributed by atoms with Gasteiger partial charge in [0.05, 0.1) is 12.6 Å². The molecule has 0 amide bonds. The summed E-state index contributed by atoms with van der Waals surface area (Å²) >= 11 is 0. The summed E-state index contributed by atoms with van der Waals surface area (Å²) < 4.78 is 11.7. The molecule has 2 aromatic carbocycles. The van der Waals surface area contributed by atoms with Gasteiger partial charge in [-0.2, -0.15) is 0 Å². The number of rotatable bonds is 6. The van der Waals surface area contributed by atoms with Crippen molar-refractivity contribution in [1.82, 2.24) is 4.98 Å². The molecular formula is C23H24N2O2. The summed E-state index contributed by atoms with van der Waals surface area (Å²) in [6.45, 7) is 1.05. The summed E-state index contributed by atoms with van der Waals surface area (Å²) in [7, 11) is 1.69. The van der Waals surface area contributed by atoms with Crippen LogP contribution in [-0.2, 0) is 12.8 Å². The Morgan fingerprint density at radius 2 is 1.93 bits per heavy atom. The zero-order valence-corrected chi connectivity index (χ0v) is 15.6. The molecule has 0 unspecified atom stereocenters. The number of nitrogens with zero attached hydrogens (tertiary/aromatic N) is 1. The zero-order chi connectivity index (χ0) is 18.2. The normalized spacial score (nSPS) is 15.6. The third kappa shape index (κ3) is 3.20. The van der Waals surface area contributed by atoms with Crippen LogP contribution in [0.5, 0.6) is 17.2 Å². The van der Waals surface area contributed by atoms with Crippen LogP contribution in [0.25, 0.3) is 10.9 Å². The maximum Gasteiger partial charge on any atom is 0.171 e. The van der Waals surface area contributed by atoms with Gasteiger partial charge in [-0.3, -0.25) is 4.98 Å². The van der Waals surface area contributed by atoms with Crippen LogP contribution in [0.3, 0.4) is 0 Å². The standard InChI is InChI=1S/C23H24N2O2/c1-26-21-12-18-20(13-22(21)27-16-6-3-2-4-7-16)25-19-9-5-8-17(19)23(18)24-14-15-10-11-15/h2-4,6-7,12-13,15H,5,8-11,14H2,1H3,(H,24,25). The highest BCUT2D eigenvalue weighted by molar-refractivity contribution is 5.96. The number of aromatic nitrogens is 1. The number of ether oxygens (including phenoxy) is 2. The van der Waals surface area contributed by atoms with Gasteiger partial charge in [-0.15, -0.1) is 0 Å². The second kappa shape index (κ2) is 6.76. The molecule has 3 aromatic rings. The lowest BCUT2D eigenvalue weighted by molar-refractivity contribution is 0.379. The topological polar surface area (TPSA) is 43.4 Å². The quantitative estimate of drug-likeness (QED) is 0.644. The number of aryl methyl sites for hydroxylation is 1. The van der Waals surface area contributed by atoms with Gasteiger partial charge in [0.15, 0.2) is 11.5 Å². The van der Waals surface area contributed by atoms with Crippen LogP contribution in [-0.4, -0.2) is 18.6 Å². The van der Waals surface area contributed by atoms with Gasteiger partial charge in [0, 0.05) is 29.4 Å². The van der Waals surface area contributed by atoms with Crippen LogP contribution in [0.15, 0.2) is 42.5 Å². The van der Waals surface area contributed by atoms with E-state index in [9.17, 15) is 0 Å². The SMILES string of the molecule is COc1cc2c(NCC3CC3)c3c(nc2cc1Oc1ccccc1)CCC3. The summed E-state index contributed by atoms with van der Waals surface area (Å²) in [6, 6.07) is 13.9. The number of hydrogen-bond acceptors (Lipinski definition) is 4. The van der Waals surface area contributed by atoms with Gasteiger partial charge in [-0.05, 0) is 61.8 Å². The smallest absolute Gasteiger partial charge is 0.171 e. The first-order valence-electron chi connectivity index (χ1n) is 9.82. The Morgan fingerprint density at radius 3 is 2.70 bits per heavy atom. The van der Waals surface area contributed by atoms with Crippen LogP contribution in [0.2, 0.25) is 0 Å². The van der Waals surface area contributed by atoms with Gasteiger partial charge in [0.25, 0.3) is 0 Å². The van der Waals surface area contributed by atoms with Crippen molar-refractivity contribution >= 4 is 16.6 Å². The van der Waals surface area contributed by atoms with E-state index in [1.807, 2.05) is 36.4 Å². The van der Waals surface area contributed by atoms with Crippen LogP contribution >= 0.6 is 0 Å². The molecule has 138 valence electrons. The number of fused-ring (bicyclic) bond motifs is 2. The Labute approximate surface area is 159 Å². The molecule has 0 atom stereocenters. The Kier molecular flexibility index (Phi) is 4.12. The fraction of sp³-hybridized carbons (Fsp3) is 0.348. The lowest BCUT2D eigenvalue weighted by atomic mass is 10.1. The minimum absolute atomic E-state index is 0.704. The highest BCUT2D eigenvalue weighted by atomic mass is 16.5. The van der Waals surface area contributed by atoms with E-state index in [1.165, 1.54) is 36.2 Å². The second-order valence-corrected chi connectivity index (χ2v) is 7.53. The van der Waals surface area contributed by atoms with E-state index in [1.54, 1.807) is 7.11 Å². The van der Waals surface area contributed by atoms with E-state index in [4.69, 9.17) is 14.5 Å².